The van der Waals surface area contributed by atoms with E-state index in [1.54, 1.807) is 36.5 Å². The summed E-state index contributed by atoms with van der Waals surface area (Å²) in [6.07, 6.45) is 3.56. The number of anilines is 1. The predicted molar refractivity (Wildman–Crippen MR) is 117 cm³/mol. The van der Waals surface area contributed by atoms with Crippen LogP contribution in [0.1, 0.15) is 5.56 Å². The lowest BCUT2D eigenvalue weighted by molar-refractivity contribution is 0.601. The van der Waals surface area contributed by atoms with Crippen LogP contribution in [-0.2, 0) is 10.0 Å². The highest BCUT2D eigenvalue weighted by Crippen LogP contribution is 2.26. The van der Waals surface area contributed by atoms with Gasteiger partial charge in [-0.25, -0.2) is 8.42 Å². The Hall–Kier alpha value is -3.44. The Morgan fingerprint density at radius 2 is 1.48 bits per heavy atom. The molecule has 0 aliphatic heterocycles. The molecular formula is C24H20N2O2S. The first-order chi connectivity index (χ1) is 14.0. The Bertz CT molecular complexity index is 1240. The van der Waals surface area contributed by atoms with Crippen molar-refractivity contribution in [2.45, 2.75) is 11.8 Å². The van der Waals surface area contributed by atoms with E-state index < -0.39 is 10.0 Å². The molecule has 0 spiro atoms. The van der Waals surface area contributed by atoms with Gasteiger partial charge in [-0.2, -0.15) is 0 Å². The van der Waals surface area contributed by atoms with E-state index in [-0.39, 0.29) is 4.90 Å². The van der Waals surface area contributed by atoms with Crippen LogP contribution >= 0.6 is 0 Å². The van der Waals surface area contributed by atoms with Crippen molar-refractivity contribution in [3.8, 4) is 22.3 Å². The Labute approximate surface area is 170 Å². The van der Waals surface area contributed by atoms with Gasteiger partial charge in [0.05, 0.1) is 4.90 Å². The number of aryl methyl sites for hydroxylation is 1. The zero-order valence-corrected chi connectivity index (χ0v) is 16.7. The number of hydrogen-bond acceptors (Lipinski definition) is 3. The third kappa shape index (κ3) is 4.20. The highest BCUT2D eigenvalue weighted by Gasteiger charge is 2.15. The molecule has 0 atom stereocenters. The van der Waals surface area contributed by atoms with Crippen LogP contribution in [0.15, 0.2) is 102 Å². The van der Waals surface area contributed by atoms with Crippen LogP contribution in [-0.4, -0.2) is 13.4 Å². The van der Waals surface area contributed by atoms with E-state index in [1.807, 2.05) is 67.7 Å². The fourth-order valence-corrected chi connectivity index (χ4v) is 4.28. The van der Waals surface area contributed by atoms with E-state index in [4.69, 9.17) is 0 Å². The third-order valence-corrected chi connectivity index (χ3v) is 6.12. The van der Waals surface area contributed by atoms with Crippen molar-refractivity contribution in [3.05, 3.63) is 103 Å². The molecule has 4 aromatic rings. The molecule has 144 valence electrons. The van der Waals surface area contributed by atoms with Gasteiger partial charge < -0.3 is 0 Å². The molecule has 0 fully saturated rings. The third-order valence-electron chi connectivity index (χ3n) is 4.74. The van der Waals surface area contributed by atoms with Gasteiger partial charge in [-0.3, -0.25) is 9.71 Å². The molecule has 1 heterocycles. The molecule has 0 saturated heterocycles. The number of nitrogens with zero attached hydrogens (tertiary/aromatic N) is 1. The van der Waals surface area contributed by atoms with Gasteiger partial charge >= 0.3 is 0 Å². The second-order valence-electron chi connectivity index (χ2n) is 6.77. The molecule has 29 heavy (non-hydrogen) atoms. The predicted octanol–water partition coefficient (Wildman–Crippen LogP) is 5.52. The van der Waals surface area contributed by atoms with Crippen LogP contribution in [0.25, 0.3) is 22.3 Å². The molecule has 3 aromatic carbocycles. The molecule has 0 bridgehead atoms. The first kappa shape index (κ1) is 18.9. The Morgan fingerprint density at radius 3 is 2.21 bits per heavy atom. The van der Waals surface area contributed by atoms with E-state index in [1.165, 1.54) is 0 Å². The van der Waals surface area contributed by atoms with E-state index in [2.05, 4.69) is 9.71 Å². The van der Waals surface area contributed by atoms with E-state index in [9.17, 15) is 8.42 Å². The largest absolute Gasteiger partial charge is 0.280 e. The Kier molecular flexibility index (Phi) is 5.14. The van der Waals surface area contributed by atoms with Crippen molar-refractivity contribution in [1.29, 1.82) is 0 Å². The fraction of sp³-hybridized carbons (Fsp3) is 0.0417. The summed E-state index contributed by atoms with van der Waals surface area (Å²) in [6, 6.07) is 25.9. The summed E-state index contributed by atoms with van der Waals surface area (Å²) in [5.74, 6) is 0. The summed E-state index contributed by atoms with van der Waals surface area (Å²) in [4.78, 5) is 4.39. The molecule has 0 amide bonds. The minimum Gasteiger partial charge on any atom is -0.280 e. The van der Waals surface area contributed by atoms with Crippen LogP contribution in [0.2, 0.25) is 0 Å². The average molecular weight is 401 g/mol. The lowest BCUT2D eigenvalue weighted by Gasteiger charge is -2.11. The first-order valence-corrected chi connectivity index (χ1v) is 10.7. The van der Waals surface area contributed by atoms with E-state index >= 15 is 0 Å². The smallest absolute Gasteiger partial charge is 0.261 e. The molecule has 0 aliphatic rings. The van der Waals surface area contributed by atoms with Gasteiger partial charge in [0.1, 0.15) is 0 Å². The summed E-state index contributed by atoms with van der Waals surface area (Å²) in [5.41, 5.74) is 5.48. The molecule has 0 saturated carbocycles. The molecule has 5 heteroatoms. The van der Waals surface area contributed by atoms with Crippen molar-refractivity contribution < 1.29 is 8.42 Å². The maximum atomic E-state index is 12.9. The average Bonchev–Trinajstić information content (AvgIpc) is 2.75. The second-order valence-corrected chi connectivity index (χ2v) is 8.45. The van der Waals surface area contributed by atoms with Gasteiger partial charge in [-0.05, 0) is 59.5 Å². The van der Waals surface area contributed by atoms with Gasteiger partial charge in [-0.15, -0.1) is 0 Å². The topological polar surface area (TPSA) is 59.1 Å². The van der Waals surface area contributed by atoms with Crippen LogP contribution < -0.4 is 4.72 Å². The first-order valence-electron chi connectivity index (χ1n) is 9.22. The normalized spacial score (nSPS) is 11.2. The van der Waals surface area contributed by atoms with Gasteiger partial charge in [-0.1, -0.05) is 54.6 Å². The number of benzene rings is 3. The summed E-state index contributed by atoms with van der Waals surface area (Å²) in [5, 5.41) is 0. The molecular weight excluding hydrogens is 380 g/mol. The summed E-state index contributed by atoms with van der Waals surface area (Å²) in [7, 11) is -3.69. The fourth-order valence-electron chi connectivity index (χ4n) is 3.17. The maximum absolute atomic E-state index is 12.9. The van der Waals surface area contributed by atoms with Gasteiger partial charge in [0.25, 0.3) is 10.0 Å². The zero-order chi connectivity index (χ0) is 20.3. The monoisotopic (exact) mass is 400 g/mol. The maximum Gasteiger partial charge on any atom is 0.261 e. The number of rotatable bonds is 5. The number of hydrogen-bond donors (Lipinski definition) is 1. The van der Waals surface area contributed by atoms with Crippen LogP contribution in [0, 0.1) is 6.92 Å². The Morgan fingerprint density at radius 1 is 0.759 bits per heavy atom. The highest BCUT2D eigenvalue weighted by atomic mass is 32.2. The van der Waals surface area contributed by atoms with Crippen molar-refractivity contribution in [3.63, 3.8) is 0 Å². The minimum atomic E-state index is -3.69. The van der Waals surface area contributed by atoms with Crippen molar-refractivity contribution in [2.75, 3.05) is 4.72 Å². The number of nitrogens with one attached hydrogen (secondary N) is 1. The minimum absolute atomic E-state index is 0.228. The summed E-state index contributed by atoms with van der Waals surface area (Å²) >= 11 is 0. The standard InChI is InChI=1S/C24H20N2O2S/c1-18-14-15-25-17-24(18)20-10-12-22(13-11-20)26-29(27,28)23-9-5-8-21(16-23)19-6-3-2-4-7-19/h2-17,26H,1H3. The number of sulfonamides is 1. The molecule has 0 radical (unpaired) electrons. The van der Waals surface area contributed by atoms with Crippen molar-refractivity contribution in [1.82, 2.24) is 4.98 Å². The van der Waals surface area contributed by atoms with E-state index in [0.717, 1.165) is 27.8 Å². The summed E-state index contributed by atoms with van der Waals surface area (Å²) in [6.45, 7) is 2.02. The van der Waals surface area contributed by atoms with Crippen molar-refractivity contribution in [2.24, 2.45) is 0 Å². The molecule has 0 unspecified atom stereocenters. The van der Waals surface area contributed by atoms with Crippen molar-refractivity contribution >= 4 is 15.7 Å². The van der Waals surface area contributed by atoms with Gasteiger partial charge in [0, 0.05) is 23.6 Å². The SMILES string of the molecule is Cc1ccncc1-c1ccc(NS(=O)(=O)c2cccc(-c3ccccc3)c2)cc1. The molecule has 4 nitrogen and oxygen atoms in total. The lowest BCUT2D eigenvalue weighted by Crippen LogP contribution is -2.12. The quantitative estimate of drug-likeness (QED) is 0.479. The number of aromatic nitrogens is 1. The number of pyridine rings is 1. The molecule has 4 rings (SSSR count). The van der Waals surface area contributed by atoms with Crippen LogP contribution in [0.3, 0.4) is 0 Å². The van der Waals surface area contributed by atoms with Crippen LogP contribution in [0.5, 0.6) is 0 Å². The molecule has 1 aromatic heterocycles. The van der Waals surface area contributed by atoms with E-state index in [0.29, 0.717) is 5.69 Å². The highest BCUT2D eigenvalue weighted by molar-refractivity contribution is 7.92. The second kappa shape index (κ2) is 7.89. The summed E-state index contributed by atoms with van der Waals surface area (Å²) < 4.78 is 28.4. The molecule has 1 N–H and O–H groups in total. The van der Waals surface area contributed by atoms with Gasteiger partial charge in [0.2, 0.25) is 0 Å². The van der Waals surface area contributed by atoms with Gasteiger partial charge in [0.15, 0.2) is 0 Å². The molecule has 0 aliphatic carbocycles. The van der Waals surface area contributed by atoms with Crippen LogP contribution in [0.4, 0.5) is 5.69 Å². The zero-order valence-electron chi connectivity index (χ0n) is 15.9. The Balaban J connectivity index is 1.59. The lowest BCUT2D eigenvalue weighted by atomic mass is 10.0.